The molecule has 0 aromatic heterocycles. The summed E-state index contributed by atoms with van der Waals surface area (Å²) in [7, 11) is 0. The maximum absolute atomic E-state index is 12.1. The van der Waals surface area contributed by atoms with Crippen molar-refractivity contribution in [2.24, 2.45) is 0 Å². The topological polar surface area (TPSA) is 76.7 Å². The van der Waals surface area contributed by atoms with Crippen LogP contribution in [-0.2, 0) is 14.3 Å². The third-order valence-corrected chi connectivity index (χ3v) is 4.49. The number of ether oxygens (including phenoxy) is 2. The molecule has 2 amide bonds. The van der Waals surface area contributed by atoms with Gasteiger partial charge in [0.25, 0.3) is 5.91 Å². The smallest absolute Gasteiger partial charge is 0.409 e. The highest BCUT2D eigenvalue weighted by atomic mass is 32.2. The number of hydrogen-bond donors (Lipinski definition) is 2. The Kier molecular flexibility index (Phi) is 6.00. The lowest BCUT2D eigenvalue weighted by Gasteiger charge is -2.21. The summed E-state index contributed by atoms with van der Waals surface area (Å²) in [5, 5.41) is 5.21. The fourth-order valence-corrected chi connectivity index (χ4v) is 3.30. The van der Waals surface area contributed by atoms with Gasteiger partial charge in [0.2, 0.25) is 5.44 Å². The Hall–Kier alpha value is -2.15. The van der Waals surface area contributed by atoms with E-state index < -0.39 is 17.1 Å². The first-order valence-corrected chi connectivity index (χ1v) is 9.00. The van der Waals surface area contributed by atoms with Crippen LogP contribution >= 0.6 is 11.8 Å². The molecule has 0 bridgehead atoms. The summed E-state index contributed by atoms with van der Waals surface area (Å²) in [5.74, 6) is 0.254. The molecule has 2 unspecified atom stereocenters. The van der Waals surface area contributed by atoms with Gasteiger partial charge in [-0.2, -0.15) is 0 Å². The van der Waals surface area contributed by atoms with Crippen LogP contribution in [0.3, 0.4) is 0 Å². The minimum absolute atomic E-state index is 0.297. The Labute approximate surface area is 152 Å². The van der Waals surface area contributed by atoms with E-state index in [9.17, 15) is 9.59 Å². The van der Waals surface area contributed by atoms with E-state index in [1.807, 2.05) is 52.0 Å². The largest absolute Gasteiger partial charge is 0.494 e. The normalized spacial score (nSPS) is 19.9. The standard InChI is InChI=1S/C18H24N2O4S/c1-6-23-11(2)12-8-7-9-13(10-12)15-19-14(21)16(25-15)24-17(22)20-18(3,4)5/h7-10,15-16H,2,6H2,1,3-5H3,(H,19,21)(H,20,22). The van der Waals surface area contributed by atoms with E-state index in [2.05, 4.69) is 17.2 Å². The van der Waals surface area contributed by atoms with Crippen LogP contribution in [0.2, 0.25) is 0 Å². The molecule has 2 N–H and O–H groups in total. The zero-order valence-electron chi connectivity index (χ0n) is 14.9. The first-order chi connectivity index (χ1) is 11.7. The van der Waals surface area contributed by atoms with Gasteiger partial charge in [-0.05, 0) is 39.3 Å². The molecule has 1 heterocycles. The predicted molar refractivity (Wildman–Crippen MR) is 98.7 cm³/mol. The molecule has 136 valence electrons. The van der Waals surface area contributed by atoms with Gasteiger partial charge in [0.05, 0.1) is 6.61 Å². The molecule has 2 rings (SSSR count). The van der Waals surface area contributed by atoms with Crippen LogP contribution in [0.1, 0.15) is 44.2 Å². The minimum Gasteiger partial charge on any atom is -0.494 e. The van der Waals surface area contributed by atoms with Crippen molar-refractivity contribution in [3.63, 3.8) is 0 Å². The van der Waals surface area contributed by atoms with Crippen LogP contribution in [-0.4, -0.2) is 29.6 Å². The minimum atomic E-state index is -0.883. The van der Waals surface area contributed by atoms with Gasteiger partial charge < -0.3 is 20.1 Å². The van der Waals surface area contributed by atoms with Crippen molar-refractivity contribution in [2.75, 3.05) is 6.61 Å². The lowest BCUT2D eigenvalue weighted by atomic mass is 10.1. The molecule has 0 radical (unpaired) electrons. The van der Waals surface area contributed by atoms with E-state index in [1.165, 1.54) is 11.8 Å². The van der Waals surface area contributed by atoms with Crippen molar-refractivity contribution in [2.45, 2.75) is 44.0 Å². The number of carbonyl (C=O) groups is 2. The Balaban J connectivity index is 2.03. The summed E-state index contributed by atoms with van der Waals surface area (Å²) in [5.41, 5.74) is 0.429. The summed E-state index contributed by atoms with van der Waals surface area (Å²) in [6.07, 6.45) is -0.612. The van der Waals surface area contributed by atoms with Gasteiger partial charge >= 0.3 is 6.09 Å². The van der Waals surface area contributed by atoms with Crippen LogP contribution in [0, 0.1) is 0 Å². The van der Waals surface area contributed by atoms with Crippen LogP contribution in [0.25, 0.3) is 5.76 Å². The number of thioether (sulfide) groups is 1. The Bertz CT molecular complexity index is 669. The Morgan fingerprint density at radius 3 is 2.76 bits per heavy atom. The molecule has 1 aliphatic rings. The molecule has 0 saturated carbocycles. The lowest BCUT2D eigenvalue weighted by molar-refractivity contribution is -0.124. The molecule has 1 aromatic rings. The molecule has 0 aliphatic carbocycles. The number of hydrogen-bond acceptors (Lipinski definition) is 5. The van der Waals surface area contributed by atoms with Crippen LogP contribution in [0.15, 0.2) is 30.8 Å². The maximum Gasteiger partial charge on any atom is 0.409 e. The first-order valence-electron chi connectivity index (χ1n) is 8.06. The number of amides is 2. The van der Waals surface area contributed by atoms with E-state index in [1.54, 1.807) is 0 Å². The summed E-state index contributed by atoms with van der Waals surface area (Å²) >= 11 is 1.25. The molecule has 1 aromatic carbocycles. The Morgan fingerprint density at radius 2 is 2.12 bits per heavy atom. The molecular weight excluding hydrogens is 340 g/mol. The summed E-state index contributed by atoms with van der Waals surface area (Å²) < 4.78 is 10.6. The van der Waals surface area contributed by atoms with Gasteiger partial charge in [0, 0.05) is 11.1 Å². The second-order valence-electron chi connectivity index (χ2n) is 6.62. The number of carbonyl (C=O) groups excluding carboxylic acids is 2. The molecule has 7 heteroatoms. The summed E-state index contributed by atoms with van der Waals surface area (Å²) in [6.45, 7) is 11.9. The van der Waals surface area contributed by atoms with Crippen LogP contribution < -0.4 is 10.6 Å². The highest BCUT2D eigenvalue weighted by Crippen LogP contribution is 2.37. The quantitative estimate of drug-likeness (QED) is 0.783. The third kappa shape index (κ3) is 5.42. The Morgan fingerprint density at radius 1 is 1.40 bits per heavy atom. The van der Waals surface area contributed by atoms with E-state index in [0.717, 1.165) is 11.1 Å². The van der Waals surface area contributed by atoms with Crippen LogP contribution in [0.5, 0.6) is 0 Å². The first kappa shape index (κ1) is 19.2. The van der Waals surface area contributed by atoms with Crippen molar-refractivity contribution in [1.29, 1.82) is 0 Å². The monoisotopic (exact) mass is 364 g/mol. The van der Waals surface area contributed by atoms with Gasteiger partial charge in [-0.15, -0.1) is 0 Å². The van der Waals surface area contributed by atoms with Gasteiger partial charge in [0.15, 0.2) is 0 Å². The average Bonchev–Trinajstić information content (AvgIpc) is 2.87. The van der Waals surface area contributed by atoms with Crippen molar-refractivity contribution in [3.05, 3.63) is 42.0 Å². The average molecular weight is 364 g/mol. The highest BCUT2D eigenvalue weighted by Gasteiger charge is 2.37. The summed E-state index contributed by atoms with van der Waals surface area (Å²) in [4.78, 5) is 24.0. The highest BCUT2D eigenvalue weighted by molar-refractivity contribution is 8.01. The molecular formula is C18H24N2O4S. The van der Waals surface area contributed by atoms with E-state index in [-0.39, 0.29) is 11.3 Å². The van der Waals surface area contributed by atoms with Crippen molar-refractivity contribution in [3.8, 4) is 0 Å². The van der Waals surface area contributed by atoms with E-state index in [4.69, 9.17) is 9.47 Å². The molecule has 6 nitrogen and oxygen atoms in total. The SMILES string of the molecule is C=C(OCC)c1cccc(C2NC(=O)C(OC(=O)NC(C)(C)C)S2)c1. The van der Waals surface area contributed by atoms with Gasteiger partial charge in [0.1, 0.15) is 11.1 Å². The molecule has 2 atom stereocenters. The van der Waals surface area contributed by atoms with Gasteiger partial charge in [-0.25, -0.2) is 4.79 Å². The van der Waals surface area contributed by atoms with Crippen molar-refractivity contribution in [1.82, 2.24) is 10.6 Å². The number of benzene rings is 1. The van der Waals surface area contributed by atoms with Gasteiger partial charge in [-0.3, -0.25) is 4.79 Å². The second kappa shape index (κ2) is 7.82. The van der Waals surface area contributed by atoms with Crippen molar-refractivity contribution >= 4 is 29.5 Å². The number of rotatable bonds is 5. The molecule has 1 saturated heterocycles. The third-order valence-electron chi connectivity index (χ3n) is 3.27. The van der Waals surface area contributed by atoms with E-state index >= 15 is 0 Å². The van der Waals surface area contributed by atoms with Crippen molar-refractivity contribution < 1.29 is 19.1 Å². The molecule has 1 aliphatic heterocycles. The molecule has 25 heavy (non-hydrogen) atoms. The zero-order chi connectivity index (χ0) is 18.6. The van der Waals surface area contributed by atoms with Gasteiger partial charge in [-0.1, -0.05) is 36.5 Å². The lowest BCUT2D eigenvalue weighted by Crippen LogP contribution is -2.43. The predicted octanol–water partition coefficient (Wildman–Crippen LogP) is 3.41. The van der Waals surface area contributed by atoms with Crippen LogP contribution in [0.4, 0.5) is 4.79 Å². The molecule has 1 fully saturated rings. The molecule has 0 spiro atoms. The number of nitrogens with one attached hydrogen (secondary N) is 2. The number of alkyl carbamates (subject to hydrolysis) is 1. The fourth-order valence-electron chi connectivity index (χ4n) is 2.23. The maximum atomic E-state index is 12.1. The zero-order valence-corrected chi connectivity index (χ0v) is 15.7. The second-order valence-corrected chi connectivity index (χ2v) is 7.79. The fraction of sp³-hybridized carbons (Fsp3) is 0.444. The van der Waals surface area contributed by atoms with E-state index in [0.29, 0.717) is 12.4 Å². The summed E-state index contributed by atoms with van der Waals surface area (Å²) in [6, 6.07) is 7.58.